The number of carbonyl (C=O) groups is 1. The van der Waals surface area contributed by atoms with E-state index in [9.17, 15) is 9.90 Å². The first-order chi connectivity index (χ1) is 22.0. The first-order valence-corrected chi connectivity index (χ1v) is 16.9. The Morgan fingerprint density at radius 2 is 1.40 bits per heavy atom. The molecule has 5 N–H and O–H groups in total. The van der Waals surface area contributed by atoms with Gasteiger partial charge in [-0.05, 0) is 47.9 Å². The molecule has 0 saturated carbocycles. The Morgan fingerprint density at radius 3 is 2.00 bits per heavy atom. The van der Waals surface area contributed by atoms with Gasteiger partial charge in [-0.15, -0.1) is 0 Å². The van der Waals surface area contributed by atoms with E-state index in [0.29, 0.717) is 34.7 Å². The number of aromatic hydroxyl groups is 1. The Balaban J connectivity index is 1.19. The van der Waals surface area contributed by atoms with Crippen LogP contribution >= 0.6 is 0 Å². The minimum Gasteiger partial charge on any atom is -0.504 e. The van der Waals surface area contributed by atoms with E-state index in [1.165, 1.54) is 90.6 Å². The number of nitrogen functional groups attached to an aromatic ring is 1. The van der Waals surface area contributed by atoms with Gasteiger partial charge in [-0.2, -0.15) is 5.10 Å². The highest BCUT2D eigenvalue weighted by Crippen LogP contribution is 2.38. The zero-order chi connectivity index (χ0) is 31.9. The van der Waals surface area contributed by atoms with Crippen molar-refractivity contribution in [1.82, 2.24) is 15.2 Å². The van der Waals surface area contributed by atoms with Crippen molar-refractivity contribution in [3.05, 3.63) is 48.5 Å². The summed E-state index contributed by atoms with van der Waals surface area (Å²) in [5.74, 6) is 0.889. The van der Waals surface area contributed by atoms with Crippen LogP contribution in [0.4, 0.5) is 11.5 Å². The topological polar surface area (TPSA) is 126 Å². The number of aromatic amines is 1. The second kappa shape index (κ2) is 18.0. The van der Waals surface area contributed by atoms with E-state index >= 15 is 0 Å². The van der Waals surface area contributed by atoms with Crippen molar-refractivity contribution in [3.63, 3.8) is 0 Å². The summed E-state index contributed by atoms with van der Waals surface area (Å²) in [6, 6.07) is 14.8. The number of aromatic nitrogens is 3. The third kappa shape index (κ3) is 10.2. The molecule has 8 nitrogen and oxygen atoms in total. The quantitative estimate of drug-likeness (QED) is 0.0735. The van der Waals surface area contributed by atoms with Crippen LogP contribution in [0.3, 0.4) is 0 Å². The number of hydrogen-bond acceptors (Lipinski definition) is 6. The number of anilines is 2. The average molecular weight is 614 g/mol. The normalized spacial score (nSPS) is 11.2. The van der Waals surface area contributed by atoms with Crippen molar-refractivity contribution in [2.45, 2.75) is 110 Å². The van der Waals surface area contributed by atoms with Gasteiger partial charge in [-0.3, -0.25) is 9.89 Å². The highest BCUT2D eigenvalue weighted by molar-refractivity contribution is 6.01. The summed E-state index contributed by atoms with van der Waals surface area (Å²) in [4.78, 5) is 17.3. The number of unbranched alkanes of at least 4 members (excludes halogenated alkanes) is 14. The molecule has 2 aromatic carbocycles. The summed E-state index contributed by atoms with van der Waals surface area (Å²) in [6.45, 7) is 2.27. The molecule has 0 aliphatic heterocycles. The number of methoxy groups -OCH3 is 1. The lowest BCUT2D eigenvalue weighted by molar-refractivity contribution is -0.116. The Bertz CT molecular complexity index is 1480. The van der Waals surface area contributed by atoms with Crippen molar-refractivity contribution in [2.24, 2.45) is 0 Å². The Morgan fingerprint density at radius 1 is 0.822 bits per heavy atom. The van der Waals surface area contributed by atoms with Gasteiger partial charge in [-0.25, -0.2) is 4.98 Å². The molecule has 2 heterocycles. The third-order valence-corrected chi connectivity index (χ3v) is 8.51. The van der Waals surface area contributed by atoms with E-state index in [4.69, 9.17) is 15.5 Å². The molecular weight excluding hydrogens is 562 g/mol. The van der Waals surface area contributed by atoms with E-state index in [0.717, 1.165) is 35.2 Å². The van der Waals surface area contributed by atoms with Gasteiger partial charge < -0.3 is 20.9 Å². The second-order valence-electron chi connectivity index (χ2n) is 12.1. The summed E-state index contributed by atoms with van der Waals surface area (Å²) < 4.78 is 5.31. The number of phenolic OH excluding ortho intramolecular Hbond substituents is 1. The summed E-state index contributed by atoms with van der Waals surface area (Å²) in [6.07, 6.45) is 20.2. The standard InChI is InChI=1S/C37H51N5O3/c1-3-4-5-6-7-8-9-10-11-12-13-14-15-16-17-18-34(44)39-29-22-19-27(20-23-29)31-26-30(35-36(38)41-42-37(35)40-31)28-21-24-32(43)33(25-28)45-2/h19-26,43H,3-18H2,1-2H3,(H,39,44)(H3,38,40,41,42). The number of rotatable bonds is 20. The summed E-state index contributed by atoms with van der Waals surface area (Å²) in [7, 11) is 1.51. The number of carbonyl (C=O) groups excluding carboxylic acids is 1. The molecule has 0 bridgehead atoms. The molecule has 0 aliphatic carbocycles. The van der Waals surface area contributed by atoms with Crippen molar-refractivity contribution < 1.29 is 14.6 Å². The third-order valence-electron chi connectivity index (χ3n) is 8.51. The van der Waals surface area contributed by atoms with Gasteiger partial charge in [-0.1, -0.05) is 115 Å². The van der Waals surface area contributed by atoms with Crippen LogP contribution < -0.4 is 15.8 Å². The van der Waals surface area contributed by atoms with E-state index < -0.39 is 0 Å². The minimum atomic E-state index is 0.0487. The number of nitrogens with two attached hydrogens (primary N) is 1. The van der Waals surface area contributed by atoms with Crippen LogP contribution in [-0.2, 0) is 4.79 Å². The molecule has 0 spiro atoms. The predicted octanol–water partition coefficient (Wildman–Crippen LogP) is 9.79. The highest BCUT2D eigenvalue weighted by Gasteiger charge is 2.16. The summed E-state index contributed by atoms with van der Waals surface area (Å²) in [5.41, 5.74) is 10.7. The van der Waals surface area contributed by atoms with Gasteiger partial charge in [0.15, 0.2) is 17.1 Å². The maximum absolute atomic E-state index is 12.6. The van der Waals surface area contributed by atoms with Crippen LogP contribution in [0.5, 0.6) is 11.5 Å². The average Bonchev–Trinajstić information content (AvgIpc) is 3.43. The van der Waals surface area contributed by atoms with Crippen LogP contribution in [0.2, 0.25) is 0 Å². The maximum Gasteiger partial charge on any atom is 0.224 e. The molecule has 0 fully saturated rings. The minimum absolute atomic E-state index is 0.0487. The molecule has 0 atom stereocenters. The number of amides is 1. The zero-order valence-corrected chi connectivity index (χ0v) is 27.2. The fourth-order valence-electron chi connectivity index (χ4n) is 5.87. The number of fused-ring (bicyclic) bond motifs is 1. The molecule has 2 aromatic heterocycles. The van der Waals surface area contributed by atoms with Gasteiger partial charge in [0, 0.05) is 17.7 Å². The SMILES string of the molecule is CCCCCCCCCCCCCCCCCC(=O)Nc1ccc(-c2cc(-c3ccc(O)c(OC)c3)c3c(N)[nH]nc3n2)cc1. The van der Waals surface area contributed by atoms with E-state index in [1.54, 1.807) is 18.2 Å². The number of phenols is 1. The smallest absolute Gasteiger partial charge is 0.224 e. The zero-order valence-electron chi connectivity index (χ0n) is 27.2. The molecule has 0 radical (unpaired) electrons. The molecule has 1 amide bonds. The summed E-state index contributed by atoms with van der Waals surface area (Å²) in [5, 5.41) is 20.9. The van der Waals surface area contributed by atoms with E-state index in [1.807, 2.05) is 30.3 Å². The lowest BCUT2D eigenvalue weighted by Crippen LogP contribution is -2.10. The van der Waals surface area contributed by atoms with Crippen molar-refractivity contribution in [1.29, 1.82) is 0 Å². The number of benzene rings is 2. The van der Waals surface area contributed by atoms with Crippen molar-refractivity contribution >= 4 is 28.4 Å². The monoisotopic (exact) mass is 613 g/mol. The van der Waals surface area contributed by atoms with Crippen molar-refractivity contribution in [3.8, 4) is 33.9 Å². The molecule has 45 heavy (non-hydrogen) atoms. The van der Waals surface area contributed by atoms with Gasteiger partial charge in [0.2, 0.25) is 5.91 Å². The molecule has 0 aliphatic rings. The molecule has 8 heteroatoms. The lowest BCUT2D eigenvalue weighted by Gasteiger charge is -2.11. The molecule has 4 rings (SSSR count). The van der Waals surface area contributed by atoms with E-state index in [2.05, 4.69) is 22.4 Å². The van der Waals surface area contributed by atoms with Crippen LogP contribution in [0.25, 0.3) is 33.4 Å². The first-order valence-electron chi connectivity index (χ1n) is 16.9. The van der Waals surface area contributed by atoms with Gasteiger partial charge in [0.05, 0.1) is 18.2 Å². The first kappa shape index (κ1) is 33.8. The van der Waals surface area contributed by atoms with Gasteiger partial charge in [0.25, 0.3) is 0 Å². The van der Waals surface area contributed by atoms with Gasteiger partial charge >= 0.3 is 0 Å². The highest BCUT2D eigenvalue weighted by atomic mass is 16.5. The number of ether oxygens (including phenoxy) is 1. The number of hydrogen-bond donors (Lipinski definition) is 4. The predicted molar refractivity (Wildman–Crippen MR) is 186 cm³/mol. The summed E-state index contributed by atoms with van der Waals surface area (Å²) >= 11 is 0. The molecule has 0 saturated heterocycles. The van der Waals surface area contributed by atoms with Crippen LogP contribution in [0.15, 0.2) is 48.5 Å². The van der Waals surface area contributed by atoms with E-state index in [-0.39, 0.29) is 11.7 Å². The Hall–Kier alpha value is -4.07. The molecule has 0 unspecified atom stereocenters. The van der Waals surface area contributed by atoms with Crippen LogP contribution in [0.1, 0.15) is 110 Å². The fraction of sp³-hybridized carbons (Fsp3) is 0.486. The Kier molecular flexibility index (Phi) is 13.6. The largest absolute Gasteiger partial charge is 0.504 e. The number of nitrogens with zero attached hydrogens (tertiary/aromatic N) is 2. The lowest BCUT2D eigenvalue weighted by atomic mass is 9.99. The fourth-order valence-corrected chi connectivity index (χ4v) is 5.87. The second-order valence-corrected chi connectivity index (χ2v) is 12.1. The van der Waals surface area contributed by atoms with Gasteiger partial charge in [0.1, 0.15) is 5.82 Å². The maximum atomic E-state index is 12.6. The van der Waals surface area contributed by atoms with Crippen LogP contribution in [-0.4, -0.2) is 33.3 Å². The molecule has 4 aromatic rings. The van der Waals surface area contributed by atoms with Crippen LogP contribution in [0, 0.1) is 0 Å². The number of nitrogens with one attached hydrogen (secondary N) is 2. The van der Waals surface area contributed by atoms with Crippen molar-refractivity contribution in [2.75, 3.05) is 18.2 Å². The number of H-pyrrole nitrogens is 1. The molecule has 242 valence electrons. The molecular formula is C37H51N5O3. The Labute approximate surface area is 268 Å². The number of pyridine rings is 1.